The lowest BCUT2D eigenvalue weighted by atomic mass is 10.0. The molecule has 34 heavy (non-hydrogen) atoms. The lowest BCUT2D eigenvalue weighted by Crippen LogP contribution is -2.24. The van der Waals surface area contributed by atoms with E-state index in [4.69, 9.17) is 0 Å². The summed E-state index contributed by atoms with van der Waals surface area (Å²) in [4.78, 5) is 41.3. The molecule has 2 heterocycles. The van der Waals surface area contributed by atoms with Crippen LogP contribution in [-0.2, 0) is 11.3 Å². The Kier molecular flexibility index (Phi) is 7.14. The van der Waals surface area contributed by atoms with Crippen molar-refractivity contribution < 1.29 is 14.7 Å². The fraction of sp³-hybridized carbons (Fsp3) is 0.200. The van der Waals surface area contributed by atoms with Crippen LogP contribution in [-0.4, -0.2) is 27.2 Å². The van der Waals surface area contributed by atoms with Gasteiger partial charge in [0, 0.05) is 5.69 Å². The van der Waals surface area contributed by atoms with Crippen LogP contribution in [0, 0.1) is 0 Å². The molecule has 1 N–H and O–H groups in total. The third kappa shape index (κ3) is 5.37. The molecular weight excluding hydrogens is 470 g/mol. The van der Waals surface area contributed by atoms with E-state index < -0.39 is 5.97 Å². The molecule has 0 saturated carbocycles. The number of thiophene rings is 1. The maximum absolute atomic E-state index is 13.1. The van der Waals surface area contributed by atoms with Gasteiger partial charge in [-0.05, 0) is 46.2 Å². The zero-order chi connectivity index (χ0) is 24.2. The van der Waals surface area contributed by atoms with Crippen molar-refractivity contribution >= 4 is 50.9 Å². The van der Waals surface area contributed by atoms with Crippen molar-refractivity contribution in [2.45, 2.75) is 31.5 Å². The first-order chi connectivity index (χ1) is 16.3. The Bertz CT molecular complexity index is 1390. The Balaban J connectivity index is 1.53. The molecule has 2 aromatic heterocycles. The molecule has 1 amide bonds. The minimum absolute atomic E-state index is 0.0654. The van der Waals surface area contributed by atoms with Gasteiger partial charge in [0.1, 0.15) is 4.70 Å². The molecule has 0 aliphatic carbocycles. The third-order valence-electron chi connectivity index (χ3n) is 5.25. The number of carbonyl (C=O) groups excluding carboxylic acids is 2. The van der Waals surface area contributed by atoms with E-state index in [-0.39, 0.29) is 29.3 Å². The Morgan fingerprint density at radius 2 is 1.79 bits per heavy atom. The van der Waals surface area contributed by atoms with Gasteiger partial charge in [0.25, 0.3) is 5.56 Å². The van der Waals surface area contributed by atoms with E-state index in [1.807, 2.05) is 24.3 Å². The highest BCUT2D eigenvalue weighted by molar-refractivity contribution is 7.99. The summed E-state index contributed by atoms with van der Waals surface area (Å²) >= 11 is 2.50. The van der Waals surface area contributed by atoms with Crippen LogP contribution in [0.1, 0.15) is 41.3 Å². The first-order valence-corrected chi connectivity index (χ1v) is 12.5. The second kappa shape index (κ2) is 10.2. The monoisotopic (exact) mass is 492 g/mol. The predicted molar refractivity (Wildman–Crippen MR) is 134 cm³/mol. The van der Waals surface area contributed by atoms with Crippen molar-refractivity contribution in [2.75, 3.05) is 11.1 Å². The number of hydrogen-bond donors (Lipinski definition) is 1. The van der Waals surface area contributed by atoms with Crippen molar-refractivity contribution in [3.05, 3.63) is 87.0 Å². The number of carboxylic acids is 1. The Morgan fingerprint density at radius 3 is 2.44 bits per heavy atom. The molecule has 0 fully saturated rings. The fourth-order valence-electron chi connectivity index (χ4n) is 3.38. The summed E-state index contributed by atoms with van der Waals surface area (Å²) in [6.07, 6.45) is 0. The number of aromatic nitrogens is 2. The highest BCUT2D eigenvalue weighted by atomic mass is 32.2. The molecule has 0 radical (unpaired) electrons. The van der Waals surface area contributed by atoms with Crippen LogP contribution in [0.15, 0.2) is 69.9 Å². The minimum Gasteiger partial charge on any atom is -0.545 e. The van der Waals surface area contributed by atoms with Crippen LogP contribution in [0.2, 0.25) is 0 Å². The van der Waals surface area contributed by atoms with Crippen LogP contribution in [0.25, 0.3) is 10.2 Å². The number of fused-ring (bicyclic) bond motifs is 1. The number of carboxylic acid groups (broad SMARTS) is 1. The molecule has 9 heteroatoms. The molecule has 0 atom stereocenters. The fourth-order valence-corrected chi connectivity index (χ4v) is 4.96. The number of hydrogen-bond acceptors (Lipinski definition) is 7. The number of anilines is 1. The van der Waals surface area contributed by atoms with Crippen LogP contribution in [0.4, 0.5) is 5.69 Å². The number of rotatable bonds is 8. The lowest BCUT2D eigenvalue weighted by Gasteiger charge is -2.13. The van der Waals surface area contributed by atoms with Crippen molar-refractivity contribution in [2.24, 2.45) is 0 Å². The van der Waals surface area contributed by atoms with Gasteiger partial charge in [-0.1, -0.05) is 62.0 Å². The van der Waals surface area contributed by atoms with Gasteiger partial charge in [0.2, 0.25) is 5.91 Å². The highest BCUT2D eigenvalue weighted by Gasteiger charge is 2.15. The second-order valence-corrected chi connectivity index (χ2v) is 9.88. The average Bonchev–Trinajstić information content (AvgIpc) is 3.29. The second-order valence-electron chi connectivity index (χ2n) is 8.02. The quantitative estimate of drug-likeness (QED) is 0.297. The molecule has 4 rings (SSSR count). The van der Waals surface area contributed by atoms with Gasteiger partial charge in [-0.2, -0.15) is 0 Å². The normalized spacial score (nSPS) is 11.1. The summed E-state index contributed by atoms with van der Waals surface area (Å²) in [6.45, 7) is 4.42. The van der Waals surface area contributed by atoms with Crippen molar-refractivity contribution in [3.8, 4) is 0 Å². The zero-order valence-electron chi connectivity index (χ0n) is 18.6. The number of amides is 1. The van der Waals surface area contributed by atoms with Crippen molar-refractivity contribution in [1.29, 1.82) is 0 Å². The predicted octanol–water partition coefficient (Wildman–Crippen LogP) is 3.72. The SMILES string of the molecule is CC(C)c1ccc(NC(=O)CSc2nc3ccsc3c(=O)n2Cc2ccc(C(=O)[O-])cc2)cc1. The smallest absolute Gasteiger partial charge is 0.272 e. The number of benzene rings is 2. The largest absolute Gasteiger partial charge is 0.545 e. The molecule has 0 aliphatic rings. The molecule has 0 saturated heterocycles. The van der Waals surface area contributed by atoms with E-state index >= 15 is 0 Å². The van der Waals surface area contributed by atoms with Crippen molar-refractivity contribution in [1.82, 2.24) is 9.55 Å². The maximum Gasteiger partial charge on any atom is 0.272 e. The number of thioether (sulfide) groups is 1. The van der Waals surface area contributed by atoms with E-state index in [1.165, 1.54) is 45.4 Å². The molecule has 4 aromatic rings. The van der Waals surface area contributed by atoms with E-state index in [1.54, 1.807) is 23.6 Å². The van der Waals surface area contributed by atoms with Crippen LogP contribution < -0.4 is 16.0 Å². The summed E-state index contributed by atoms with van der Waals surface area (Å²) in [5.41, 5.74) is 3.10. The molecule has 0 unspecified atom stereocenters. The highest BCUT2D eigenvalue weighted by Crippen LogP contribution is 2.23. The number of carbonyl (C=O) groups is 2. The maximum atomic E-state index is 13.1. The lowest BCUT2D eigenvalue weighted by molar-refractivity contribution is -0.255. The van der Waals surface area contributed by atoms with E-state index in [0.29, 0.717) is 27.0 Å². The number of aromatic carboxylic acids is 1. The first-order valence-electron chi connectivity index (χ1n) is 10.6. The molecule has 0 aliphatic heterocycles. The van der Waals surface area contributed by atoms with Gasteiger partial charge in [-0.25, -0.2) is 4.98 Å². The van der Waals surface area contributed by atoms with Crippen LogP contribution in [0.3, 0.4) is 0 Å². The van der Waals surface area contributed by atoms with Gasteiger partial charge in [-0.15, -0.1) is 11.3 Å². The summed E-state index contributed by atoms with van der Waals surface area (Å²) in [5.74, 6) is -0.970. The number of nitrogens with zero attached hydrogens (tertiary/aromatic N) is 2. The Hall–Kier alpha value is -3.43. The zero-order valence-corrected chi connectivity index (χ0v) is 20.2. The van der Waals surface area contributed by atoms with Crippen LogP contribution in [0.5, 0.6) is 0 Å². The summed E-state index contributed by atoms with van der Waals surface area (Å²) in [7, 11) is 0. The first kappa shape index (κ1) is 23.7. The van der Waals surface area contributed by atoms with E-state index in [2.05, 4.69) is 24.1 Å². The van der Waals surface area contributed by atoms with Gasteiger partial charge in [0.15, 0.2) is 5.16 Å². The molecule has 0 bridgehead atoms. The minimum atomic E-state index is -1.26. The molecule has 0 spiro atoms. The Morgan fingerprint density at radius 1 is 1.09 bits per heavy atom. The van der Waals surface area contributed by atoms with Gasteiger partial charge in [0.05, 0.1) is 23.8 Å². The van der Waals surface area contributed by atoms with Crippen LogP contribution >= 0.6 is 23.1 Å². The molecule has 174 valence electrons. The topological polar surface area (TPSA) is 104 Å². The number of nitrogens with one attached hydrogen (secondary N) is 1. The molecular formula is C25H22N3O4S2-. The average molecular weight is 493 g/mol. The Labute approximate surface area is 204 Å². The van der Waals surface area contributed by atoms with Crippen molar-refractivity contribution in [3.63, 3.8) is 0 Å². The molecule has 7 nitrogen and oxygen atoms in total. The summed E-state index contributed by atoms with van der Waals surface area (Å²) in [5, 5.41) is 16.1. The molecule has 2 aromatic carbocycles. The standard InChI is InChI=1S/C25H23N3O4S2/c1-15(2)17-7-9-19(10-8-17)26-21(29)14-34-25-27-20-11-12-33-22(20)23(30)28(25)13-16-3-5-18(6-4-16)24(31)32/h3-12,15H,13-14H2,1-2H3,(H,26,29)(H,31,32)/p-1. The third-order valence-corrected chi connectivity index (χ3v) is 7.12. The summed E-state index contributed by atoms with van der Waals surface area (Å²) in [6, 6.07) is 15.7. The van der Waals surface area contributed by atoms with Gasteiger partial charge < -0.3 is 15.2 Å². The van der Waals surface area contributed by atoms with E-state index in [9.17, 15) is 19.5 Å². The van der Waals surface area contributed by atoms with Gasteiger partial charge in [-0.3, -0.25) is 14.2 Å². The van der Waals surface area contributed by atoms with E-state index in [0.717, 1.165) is 5.56 Å². The summed E-state index contributed by atoms with van der Waals surface area (Å²) < 4.78 is 2.05. The van der Waals surface area contributed by atoms with Gasteiger partial charge >= 0.3 is 0 Å².